The van der Waals surface area contributed by atoms with E-state index >= 15 is 0 Å². The van der Waals surface area contributed by atoms with Crippen LogP contribution >= 0.6 is 11.3 Å². The molecule has 1 aliphatic heterocycles. The second-order valence-electron chi connectivity index (χ2n) is 9.18. The number of piperidine rings is 1. The van der Waals surface area contributed by atoms with Gasteiger partial charge in [-0.3, -0.25) is 19.2 Å². The molecule has 4 heterocycles. The number of hydrogen-bond donors (Lipinski definition) is 1. The Morgan fingerprint density at radius 3 is 2.94 bits per heavy atom. The predicted molar refractivity (Wildman–Crippen MR) is 123 cm³/mol. The Labute approximate surface area is 187 Å². The summed E-state index contributed by atoms with van der Waals surface area (Å²) in [5.41, 5.74) is 4.17. The van der Waals surface area contributed by atoms with Gasteiger partial charge in [0.15, 0.2) is 4.96 Å². The highest BCUT2D eigenvalue weighted by Gasteiger charge is 2.30. The van der Waals surface area contributed by atoms with E-state index in [0.717, 1.165) is 67.2 Å². The zero-order valence-electron chi connectivity index (χ0n) is 18.5. The Bertz CT molecular complexity index is 1050. The maximum absolute atomic E-state index is 13.3. The van der Waals surface area contributed by atoms with E-state index in [1.54, 1.807) is 17.5 Å². The van der Waals surface area contributed by atoms with Gasteiger partial charge in [0.25, 0.3) is 5.91 Å². The van der Waals surface area contributed by atoms with Crippen molar-refractivity contribution in [1.82, 2.24) is 29.4 Å². The zero-order valence-corrected chi connectivity index (χ0v) is 19.3. The first-order chi connectivity index (χ1) is 15.1. The number of imidazole rings is 1. The van der Waals surface area contributed by atoms with Crippen molar-refractivity contribution >= 4 is 22.2 Å². The van der Waals surface area contributed by atoms with Crippen LogP contribution in [0.25, 0.3) is 4.96 Å². The third-order valence-corrected chi connectivity index (χ3v) is 7.95. The highest BCUT2D eigenvalue weighted by molar-refractivity contribution is 7.15. The van der Waals surface area contributed by atoms with Gasteiger partial charge in [-0.25, -0.2) is 4.98 Å². The van der Waals surface area contributed by atoms with Gasteiger partial charge >= 0.3 is 0 Å². The van der Waals surface area contributed by atoms with Gasteiger partial charge in [-0.1, -0.05) is 19.3 Å². The molecule has 166 valence electrons. The second kappa shape index (κ2) is 8.74. The molecule has 1 atom stereocenters. The third kappa shape index (κ3) is 4.03. The second-order valence-corrected chi connectivity index (χ2v) is 10.1. The lowest BCUT2D eigenvalue weighted by Gasteiger charge is -2.34. The molecule has 3 aromatic heterocycles. The van der Waals surface area contributed by atoms with Crippen molar-refractivity contribution in [2.45, 2.75) is 70.4 Å². The largest absolute Gasteiger partial charge is 0.339 e. The van der Waals surface area contributed by atoms with Crippen molar-refractivity contribution in [1.29, 1.82) is 0 Å². The number of hydrogen-bond acceptors (Lipinski definition) is 5. The van der Waals surface area contributed by atoms with Crippen molar-refractivity contribution < 1.29 is 4.79 Å². The normalized spacial score (nSPS) is 21.0. The number of thiazole rings is 1. The quantitative estimate of drug-likeness (QED) is 0.645. The van der Waals surface area contributed by atoms with Crippen LogP contribution in [0.3, 0.4) is 0 Å². The first kappa shape index (κ1) is 20.7. The van der Waals surface area contributed by atoms with Crippen molar-refractivity contribution in [2.75, 3.05) is 20.1 Å². The first-order valence-corrected chi connectivity index (χ1v) is 12.4. The number of likely N-dealkylation sites (tertiary alicyclic amines) is 1. The molecule has 31 heavy (non-hydrogen) atoms. The number of aromatic nitrogens is 4. The fourth-order valence-corrected chi connectivity index (χ4v) is 6.16. The van der Waals surface area contributed by atoms with Gasteiger partial charge in [-0.15, -0.1) is 11.3 Å². The Morgan fingerprint density at radius 2 is 2.10 bits per heavy atom. The molecule has 0 aromatic carbocycles. The summed E-state index contributed by atoms with van der Waals surface area (Å²) in [6, 6.07) is 0.365. The van der Waals surface area contributed by atoms with Gasteiger partial charge in [-0.2, -0.15) is 5.10 Å². The van der Waals surface area contributed by atoms with Crippen LogP contribution in [0.2, 0.25) is 0 Å². The average Bonchev–Trinajstić information content (AvgIpc) is 3.52. The summed E-state index contributed by atoms with van der Waals surface area (Å²) in [6.07, 6.45) is 12.1. The fraction of sp³-hybridized carbons (Fsp3) is 0.609. The van der Waals surface area contributed by atoms with Gasteiger partial charge in [-0.05, 0) is 39.2 Å². The summed E-state index contributed by atoms with van der Waals surface area (Å²) in [5.74, 6) is 0.431. The number of aryl methyl sites for hydroxylation is 1. The lowest BCUT2D eigenvalue weighted by atomic mass is 9.91. The number of aromatic amines is 1. The summed E-state index contributed by atoms with van der Waals surface area (Å²) in [6.45, 7) is 5.00. The lowest BCUT2D eigenvalue weighted by Crippen LogP contribution is -2.39. The SMILES string of the molecule is Cc1nc2sccn2c1CN1CCC[C@H](c2[nH]ncc2C(=O)N(C)C2CCCCC2)C1. The standard InChI is InChI=1S/C23H32N6OS/c1-16-20(29-11-12-31-23(29)25-16)15-28-10-6-7-17(14-28)21-19(13-24-26-21)22(30)27(2)18-8-4-3-5-9-18/h11-13,17-18H,3-10,14-15H2,1-2H3,(H,24,26)/t17-/m0/s1. The minimum absolute atomic E-state index is 0.124. The van der Waals surface area contributed by atoms with Gasteiger partial charge in [0, 0.05) is 43.7 Å². The summed E-state index contributed by atoms with van der Waals surface area (Å²) in [4.78, 5) is 23.5. The van der Waals surface area contributed by atoms with Crippen molar-refractivity contribution in [3.05, 3.63) is 40.4 Å². The molecule has 2 aliphatic rings. The fourth-order valence-electron chi connectivity index (χ4n) is 5.38. The minimum atomic E-state index is 0.124. The maximum atomic E-state index is 13.3. The predicted octanol–water partition coefficient (Wildman–Crippen LogP) is 4.21. The molecule has 2 fully saturated rings. The maximum Gasteiger partial charge on any atom is 0.257 e. The smallest absolute Gasteiger partial charge is 0.257 e. The molecule has 8 heteroatoms. The Morgan fingerprint density at radius 1 is 1.26 bits per heavy atom. The molecule has 5 rings (SSSR count). The molecule has 1 saturated heterocycles. The average molecular weight is 441 g/mol. The highest BCUT2D eigenvalue weighted by atomic mass is 32.1. The molecule has 0 bridgehead atoms. The Kier molecular flexibility index (Phi) is 5.84. The van der Waals surface area contributed by atoms with E-state index in [9.17, 15) is 4.79 Å². The number of nitrogens with one attached hydrogen (secondary N) is 1. The van der Waals surface area contributed by atoms with Crippen LogP contribution in [0.4, 0.5) is 0 Å². The van der Waals surface area contributed by atoms with Crippen LogP contribution in [0.1, 0.15) is 78.3 Å². The Hall–Kier alpha value is -2.19. The van der Waals surface area contributed by atoms with Crippen LogP contribution in [0.5, 0.6) is 0 Å². The number of carbonyl (C=O) groups excluding carboxylic acids is 1. The molecule has 7 nitrogen and oxygen atoms in total. The van der Waals surface area contributed by atoms with Crippen LogP contribution < -0.4 is 0 Å². The molecule has 0 radical (unpaired) electrons. The molecule has 0 unspecified atom stereocenters. The number of fused-ring (bicyclic) bond motifs is 1. The number of H-pyrrole nitrogens is 1. The summed E-state index contributed by atoms with van der Waals surface area (Å²) >= 11 is 1.68. The lowest BCUT2D eigenvalue weighted by molar-refractivity contribution is 0.0693. The van der Waals surface area contributed by atoms with E-state index in [0.29, 0.717) is 12.0 Å². The van der Waals surface area contributed by atoms with Crippen LogP contribution in [0, 0.1) is 6.92 Å². The summed E-state index contributed by atoms with van der Waals surface area (Å²) < 4.78 is 2.22. The minimum Gasteiger partial charge on any atom is -0.339 e. The summed E-state index contributed by atoms with van der Waals surface area (Å²) in [5, 5.41) is 9.57. The first-order valence-electron chi connectivity index (χ1n) is 11.6. The molecule has 1 saturated carbocycles. The molecular formula is C23H32N6OS. The zero-order chi connectivity index (χ0) is 21.4. The van der Waals surface area contributed by atoms with Gasteiger partial charge in [0.05, 0.1) is 28.8 Å². The van der Waals surface area contributed by atoms with E-state index in [-0.39, 0.29) is 5.91 Å². The number of amides is 1. The van der Waals surface area contributed by atoms with Gasteiger partial charge in [0.2, 0.25) is 0 Å². The third-order valence-electron chi connectivity index (χ3n) is 7.19. The van der Waals surface area contributed by atoms with Crippen LogP contribution in [-0.2, 0) is 6.54 Å². The van der Waals surface area contributed by atoms with Gasteiger partial charge < -0.3 is 4.90 Å². The van der Waals surface area contributed by atoms with E-state index in [1.807, 2.05) is 11.9 Å². The molecule has 1 N–H and O–H groups in total. The number of carbonyl (C=O) groups is 1. The molecular weight excluding hydrogens is 408 g/mol. The van der Waals surface area contributed by atoms with Crippen LogP contribution in [-0.4, -0.2) is 61.5 Å². The molecule has 1 amide bonds. The Balaban J connectivity index is 1.31. The molecule has 1 aliphatic carbocycles. The van der Waals surface area contributed by atoms with Crippen molar-refractivity contribution in [3.63, 3.8) is 0 Å². The molecule has 3 aromatic rings. The van der Waals surface area contributed by atoms with Crippen molar-refractivity contribution in [2.24, 2.45) is 0 Å². The monoisotopic (exact) mass is 440 g/mol. The van der Waals surface area contributed by atoms with Gasteiger partial charge in [0.1, 0.15) is 0 Å². The summed E-state index contributed by atoms with van der Waals surface area (Å²) in [7, 11) is 1.97. The number of nitrogens with zero attached hydrogens (tertiary/aromatic N) is 5. The van der Waals surface area contributed by atoms with E-state index in [1.165, 1.54) is 25.0 Å². The van der Waals surface area contributed by atoms with E-state index in [2.05, 4.69) is 38.0 Å². The van der Waals surface area contributed by atoms with E-state index in [4.69, 9.17) is 4.98 Å². The van der Waals surface area contributed by atoms with Crippen LogP contribution in [0.15, 0.2) is 17.8 Å². The molecule has 0 spiro atoms. The highest BCUT2D eigenvalue weighted by Crippen LogP contribution is 2.31. The topological polar surface area (TPSA) is 69.5 Å². The van der Waals surface area contributed by atoms with Crippen molar-refractivity contribution in [3.8, 4) is 0 Å². The number of rotatable bonds is 5. The van der Waals surface area contributed by atoms with E-state index < -0.39 is 0 Å².